The molecule has 0 saturated heterocycles. The first-order valence-electron chi connectivity index (χ1n) is 8.95. The fraction of sp³-hybridized carbons (Fsp3) is 0.0455. The van der Waals surface area contributed by atoms with Gasteiger partial charge in [0.1, 0.15) is 5.82 Å². The van der Waals surface area contributed by atoms with Crippen LogP contribution in [-0.2, 0) is 4.79 Å². The summed E-state index contributed by atoms with van der Waals surface area (Å²) in [5.41, 5.74) is 2.35. The van der Waals surface area contributed by atoms with Gasteiger partial charge >= 0.3 is 0 Å². The van der Waals surface area contributed by atoms with Gasteiger partial charge in [-0.3, -0.25) is 9.36 Å². The lowest BCUT2D eigenvalue weighted by Crippen LogP contribution is -2.14. The Bertz CT molecular complexity index is 1100. The van der Waals surface area contributed by atoms with Gasteiger partial charge in [0.05, 0.1) is 5.75 Å². The molecule has 29 heavy (non-hydrogen) atoms. The van der Waals surface area contributed by atoms with E-state index in [0.717, 1.165) is 16.9 Å². The molecular weight excluding hydrogens is 387 g/mol. The maximum atomic E-state index is 13.3. The minimum atomic E-state index is -0.313. The molecule has 0 aliphatic rings. The third-order valence-electron chi connectivity index (χ3n) is 4.14. The fourth-order valence-electron chi connectivity index (χ4n) is 2.81. The van der Waals surface area contributed by atoms with E-state index in [1.165, 1.54) is 23.9 Å². The van der Waals surface area contributed by atoms with Crippen molar-refractivity contribution in [2.75, 3.05) is 11.1 Å². The van der Waals surface area contributed by atoms with Gasteiger partial charge in [-0.05, 0) is 48.5 Å². The Balaban J connectivity index is 1.60. The van der Waals surface area contributed by atoms with Crippen LogP contribution in [0.15, 0.2) is 90.1 Å². The number of nitrogens with one attached hydrogen (secondary N) is 1. The lowest BCUT2D eigenvalue weighted by molar-refractivity contribution is -0.113. The lowest BCUT2D eigenvalue weighted by Gasteiger charge is -2.10. The van der Waals surface area contributed by atoms with Crippen LogP contribution in [0.4, 0.5) is 10.1 Å². The second-order valence-corrected chi connectivity index (χ2v) is 7.13. The number of hydrogen-bond donors (Lipinski definition) is 1. The highest BCUT2D eigenvalue weighted by atomic mass is 32.2. The number of nitrogens with zero attached hydrogens (tertiary/aromatic N) is 3. The number of thioether (sulfide) groups is 1. The minimum absolute atomic E-state index is 0.132. The first kappa shape index (κ1) is 18.9. The number of rotatable bonds is 6. The maximum absolute atomic E-state index is 13.3. The van der Waals surface area contributed by atoms with Gasteiger partial charge in [-0.15, -0.1) is 10.2 Å². The van der Waals surface area contributed by atoms with E-state index < -0.39 is 0 Å². The molecule has 5 nitrogen and oxygen atoms in total. The summed E-state index contributed by atoms with van der Waals surface area (Å²) in [4.78, 5) is 12.3. The number of hydrogen-bond acceptors (Lipinski definition) is 4. The van der Waals surface area contributed by atoms with Gasteiger partial charge in [-0.1, -0.05) is 48.2 Å². The molecule has 1 heterocycles. The summed E-state index contributed by atoms with van der Waals surface area (Å²) >= 11 is 1.29. The summed E-state index contributed by atoms with van der Waals surface area (Å²) in [6, 6.07) is 25.0. The average molecular weight is 404 g/mol. The van der Waals surface area contributed by atoms with Crippen molar-refractivity contribution < 1.29 is 9.18 Å². The highest BCUT2D eigenvalue weighted by Crippen LogP contribution is 2.28. The van der Waals surface area contributed by atoms with Gasteiger partial charge in [0.2, 0.25) is 5.91 Å². The molecule has 0 spiro atoms. The van der Waals surface area contributed by atoms with E-state index >= 15 is 0 Å². The van der Waals surface area contributed by atoms with Gasteiger partial charge < -0.3 is 5.32 Å². The van der Waals surface area contributed by atoms with Gasteiger partial charge in [0.25, 0.3) is 0 Å². The van der Waals surface area contributed by atoms with Crippen LogP contribution < -0.4 is 5.32 Å². The third-order valence-corrected chi connectivity index (χ3v) is 5.07. The SMILES string of the molecule is O=C(CSc1nnc(-c2ccc(F)cc2)n1-c1ccccc1)Nc1ccccc1. The Hall–Kier alpha value is -3.45. The Morgan fingerprint density at radius 2 is 1.55 bits per heavy atom. The predicted molar refractivity (Wildman–Crippen MR) is 113 cm³/mol. The topological polar surface area (TPSA) is 59.8 Å². The standard InChI is InChI=1S/C22H17FN4OS/c23-17-13-11-16(12-14-17)21-25-26-22(27(21)19-9-5-2-6-10-19)29-15-20(28)24-18-7-3-1-4-8-18/h1-14H,15H2,(H,24,28). The van der Waals surface area contributed by atoms with Crippen LogP contribution >= 0.6 is 11.8 Å². The maximum Gasteiger partial charge on any atom is 0.234 e. The zero-order valence-electron chi connectivity index (χ0n) is 15.3. The van der Waals surface area contributed by atoms with Crippen LogP contribution in [0.2, 0.25) is 0 Å². The molecule has 0 aliphatic heterocycles. The zero-order chi connectivity index (χ0) is 20.1. The third kappa shape index (κ3) is 4.52. The van der Waals surface area contributed by atoms with Crippen LogP contribution in [0.3, 0.4) is 0 Å². The van der Waals surface area contributed by atoms with E-state index in [0.29, 0.717) is 11.0 Å². The van der Waals surface area contributed by atoms with Crippen molar-refractivity contribution >= 4 is 23.4 Å². The Morgan fingerprint density at radius 1 is 0.897 bits per heavy atom. The monoisotopic (exact) mass is 404 g/mol. The smallest absolute Gasteiger partial charge is 0.234 e. The molecule has 1 N–H and O–H groups in total. The average Bonchev–Trinajstić information content (AvgIpc) is 3.18. The second kappa shape index (κ2) is 8.70. The van der Waals surface area contributed by atoms with Crippen molar-refractivity contribution in [1.29, 1.82) is 0 Å². The van der Waals surface area contributed by atoms with E-state index in [1.54, 1.807) is 12.1 Å². The van der Waals surface area contributed by atoms with Gasteiger partial charge in [0, 0.05) is 16.9 Å². The Kier molecular flexibility index (Phi) is 5.67. The molecule has 1 aromatic heterocycles. The highest BCUT2D eigenvalue weighted by Gasteiger charge is 2.17. The molecule has 0 fully saturated rings. The number of halogens is 1. The summed E-state index contributed by atoms with van der Waals surface area (Å²) in [5, 5.41) is 12.0. The lowest BCUT2D eigenvalue weighted by atomic mass is 10.2. The number of anilines is 1. The van der Waals surface area contributed by atoms with Crippen molar-refractivity contribution in [3.05, 3.63) is 90.7 Å². The quantitative estimate of drug-likeness (QED) is 0.469. The summed E-state index contributed by atoms with van der Waals surface area (Å²) in [7, 11) is 0. The van der Waals surface area contributed by atoms with Crippen LogP contribution in [-0.4, -0.2) is 26.4 Å². The number of aromatic nitrogens is 3. The van der Waals surface area contributed by atoms with Crippen LogP contribution in [0.25, 0.3) is 17.1 Å². The Morgan fingerprint density at radius 3 is 2.24 bits per heavy atom. The van der Waals surface area contributed by atoms with Gasteiger partial charge in [0.15, 0.2) is 11.0 Å². The van der Waals surface area contributed by atoms with Crippen LogP contribution in [0.1, 0.15) is 0 Å². The largest absolute Gasteiger partial charge is 0.325 e. The van der Waals surface area contributed by atoms with Crippen molar-refractivity contribution in [2.24, 2.45) is 0 Å². The van der Waals surface area contributed by atoms with E-state index in [9.17, 15) is 9.18 Å². The fourth-order valence-corrected chi connectivity index (χ4v) is 3.56. The molecule has 1 amide bonds. The number of carbonyl (C=O) groups is 1. The van der Waals surface area contributed by atoms with Gasteiger partial charge in [-0.25, -0.2) is 4.39 Å². The second-order valence-electron chi connectivity index (χ2n) is 6.19. The number of amides is 1. The highest BCUT2D eigenvalue weighted by molar-refractivity contribution is 7.99. The molecule has 0 aliphatic carbocycles. The first-order valence-corrected chi connectivity index (χ1v) is 9.94. The number of benzene rings is 3. The summed E-state index contributed by atoms with van der Waals surface area (Å²) < 4.78 is 15.2. The zero-order valence-corrected chi connectivity index (χ0v) is 16.1. The van der Waals surface area contributed by atoms with Crippen molar-refractivity contribution in [3.63, 3.8) is 0 Å². The van der Waals surface area contributed by atoms with Crippen LogP contribution in [0, 0.1) is 5.82 Å². The minimum Gasteiger partial charge on any atom is -0.325 e. The molecule has 4 aromatic rings. The molecule has 4 rings (SSSR count). The predicted octanol–water partition coefficient (Wildman–Crippen LogP) is 4.80. The molecule has 0 bridgehead atoms. The molecule has 0 unspecified atom stereocenters. The Labute approximate surface area is 171 Å². The first-order chi connectivity index (χ1) is 14.2. The number of para-hydroxylation sites is 2. The van der Waals surface area contributed by atoms with Crippen molar-refractivity contribution in [1.82, 2.24) is 14.8 Å². The normalized spacial score (nSPS) is 10.7. The van der Waals surface area contributed by atoms with Crippen molar-refractivity contribution in [2.45, 2.75) is 5.16 Å². The molecule has 144 valence electrons. The van der Waals surface area contributed by atoms with E-state index in [1.807, 2.05) is 65.2 Å². The van der Waals surface area contributed by atoms with E-state index in [2.05, 4.69) is 15.5 Å². The molecule has 7 heteroatoms. The summed E-state index contributed by atoms with van der Waals surface area (Å²) in [6.45, 7) is 0. The van der Waals surface area contributed by atoms with E-state index in [4.69, 9.17) is 0 Å². The summed E-state index contributed by atoms with van der Waals surface area (Å²) in [5.74, 6) is 0.324. The molecule has 0 atom stereocenters. The number of carbonyl (C=O) groups excluding carboxylic acids is 1. The molecule has 0 saturated carbocycles. The molecular formula is C22H17FN4OS. The molecule has 3 aromatic carbocycles. The summed E-state index contributed by atoms with van der Waals surface area (Å²) in [6.07, 6.45) is 0. The van der Waals surface area contributed by atoms with Crippen LogP contribution in [0.5, 0.6) is 0 Å². The van der Waals surface area contributed by atoms with Crippen molar-refractivity contribution in [3.8, 4) is 17.1 Å². The molecule has 0 radical (unpaired) electrons. The van der Waals surface area contributed by atoms with E-state index in [-0.39, 0.29) is 17.5 Å². The van der Waals surface area contributed by atoms with Gasteiger partial charge in [-0.2, -0.15) is 0 Å².